The number of carbonyl (C=O) groups is 1. The number of nitrogens with one attached hydrogen (secondary N) is 1. The highest BCUT2D eigenvalue weighted by atomic mass is 16.2. The minimum Gasteiger partial charge on any atom is -0.360 e. The van der Waals surface area contributed by atoms with E-state index in [9.17, 15) is 4.79 Å². The fourth-order valence-electron chi connectivity index (χ4n) is 3.50. The van der Waals surface area contributed by atoms with Gasteiger partial charge in [-0.2, -0.15) is 0 Å². The summed E-state index contributed by atoms with van der Waals surface area (Å²) in [5.74, 6) is 0.0742. The fourth-order valence-corrected chi connectivity index (χ4v) is 3.50. The second-order valence-corrected chi connectivity index (χ2v) is 5.49. The lowest BCUT2D eigenvalue weighted by Crippen LogP contribution is -2.34. The Labute approximate surface area is 121 Å². The van der Waals surface area contributed by atoms with Crippen LogP contribution in [0.4, 0.5) is 11.4 Å². The van der Waals surface area contributed by atoms with Crippen molar-refractivity contribution in [2.24, 2.45) is 0 Å². The van der Waals surface area contributed by atoms with E-state index in [1.54, 1.807) is 0 Å². The van der Waals surface area contributed by atoms with Gasteiger partial charge in [0, 0.05) is 22.2 Å². The molecular formula is C18H12N2O. The lowest BCUT2D eigenvalue weighted by Gasteiger charge is -2.33. The van der Waals surface area contributed by atoms with Crippen molar-refractivity contribution in [3.8, 4) is 0 Å². The molecule has 1 N–H and O–H groups in total. The molecule has 3 aromatic rings. The topological polar surface area (TPSA) is 32.3 Å². The number of hydrogen-bond acceptors (Lipinski definition) is 2. The van der Waals surface area contributed by atoms with Crippen molar-refractivity contribution in [2.45, 2.75) is 6.17 Å². The third kappa shape index (κ3) is 1.26. The highest BCUT2D eigenvalue weighted by Gasteiger charge is 2.40. The van der Waals surface area contributed by atoms with Crippen molar-refractivity contribution >= 4 is 28.1 Å². The molecule has 3 nitrogen and oxygen atoms in total. The summed E-state index contributed by atoms with van der Waals surface area (Å²) in [6.45, 7) is 0. The summed E-state index contributed by atoms with van der Waals surface area (Å²) in [4.78, 5) is 14.6. The van der Waals surface area contributed by atoms with Gasteiger partial charge >= 0.3 is 0 Å². The second kappa shape index (κ2) is 3.64. The molecule has 0 aromatic heterocycles. The van der Waals surface area contributed by atoms with Gasteiger partial charge in [-0.3, -0.25) is 9.69 Å². The third-order valence-electron chi connectivity index (χ3n) is 4.40. The van der Waals surface area contributed by atoms with E-state index in [-0.39, 0.29) is 12.1 Å². The standard InChI is InChI=1S/C18H12N2O/c21-18-13-8-2-1-7-12(13)17-19-14-9-3-5-11-6-4-10-15(16(11)14)20(17)18/h1-10,17,19H/t17-/m1/s1. The molecule has 0 radical (unpaired) electrons. The van der Waals surface area contributed by atoms with E-state index < -0.39 is 0 Å². The lowest BCUT2D eigenvalue weighted by molar-refractivity contribution is 0.0993. The van der Waals surface area contributed by atoms with Gasteiger partial charge in [0.05, 0.1) is 5.69 Å². The maximum Gasteiger partial charge on any atom is 0.260 e. The van der Waals surface area contributed by atoms with Gasteiger partial charge in [0.2, 0.25) is 0 Å². The van der Waals surface area contributed by atoms with Gasteiger partial charge < -0.3 is 5.32 Å². The van der Waals surface area contributed by atoms with Crippen LogP contribution in [0.25, 0.3) is 10.8 Å². The molecule has 2 heterocycles. The maximum absolute atomic E-state index is 12.8. The number of rotatable bonds is 0. The van der Waals surface area contributed by atoms with Crippen LogP contribution in [0.1, 0.15) is 22.1 Å². The average molecular weight is 272 g/mol. The summed E-state index contributed by atoms with van der Waals surface area (Å²) in [6, 6.07) is 20.2. The van der Waals surface area contributed by atoms with Crippen LogP contribution in [-0.4, -0.2) is 5.91 Å². The Morgan fingerprint density at radius 1 is 0.905 bits per heavy atom. The molecule has 3 aromatic carbocycles. The van der Waals surface area contributed by atoms with Crippen molar-refractivity contribution in [3.05, 3.63) is 71.8 Å². The molecule has 2 aliphatic rings. The molecule has 0 fully saturated rings. The summed E-state index contributed by atoms with van der Waals surface area (Å²) in [6.07, 6.45) is -0.103. The Morgan fingerprint density at radius 2 is 1.71 bits per heavy atom. The van der Waals surface area contributed by atoms with Crippen LogP contribution in [0.5, 0.6) is 0 Å². The van der Waals surface area contributed by atoms with Gasteiger partial charge in [-0.25, -0.2) is 0 Å². The summed E-state index contributed by atoms with van der Waals surface area (Å²) >= 11 is 0. The first kappa shape index (κ1) is 10.9. The van der Waals surface area contributed by atoms with Gasteiger partial charge in [-0.1, -0.05) is 42.5 Å². The van der Waals surface area contributed by atoms with Crippen LogP contribution in [-0.2, 0) is 0 Å². The molecule has 1 atom stereocenters. The highest BCUT2D eigenvalue weighted by molar-refractivity contribution is 6.18. The third-order valence-corrected chi connectivity index (χ3v) is 4.40. The van der Waals surface area contributed by atoms with E-state index in [1.807, 2.05) is 47.4 Å². The molecule has 21 heavy (non-hydrogen) atoms. The van der Waals surface area contributed by atoms with Crippen molar-refractivity contribution in [1.82, 2.24) is 0 Å². The molecular weight excluding hydrogens is 260 g/mol. The first-order valence-corrected chi connectivity index (χ1v) is 7.05. The molecule has 5 rings (SSSR count). The zero-order chi connectivity index (χ0) is 14.0. The summed E-state index contributed by atoms with van der Waals surface area (Å²) in [5.41, 5.74) is 3.93. The fraction of sp³-hybridized carbons (Fsp3) is 0.0556. The van der Waals surface area contributed by atoms with Gasteiger partial charge in [0.15, 0.2) is 0 Å². The van der Waals surface area contributed by atoms with Crippen molar-refractivity contribution < 1.29 is 4.79 Å². The van der Waals surface area contributed by atoms with Gasteiger partial charge in [0.25, 0.3) is 5.91 Å². The largest absolute Gasteiger partial charge is 0.360 e. The number of hydrogen-bond donors (Lipinski definition) is 1. The van der Waals surface area contributed by atoms with E-state index in [1.165, 1.54) is 0 Å². The summed E-state index contributed by atoms with van der Waals surface area (Å²) < 4.78 is 0. The maximum atomic E-state index is 12.8. The van der Waals surface area contributed by atoms with Gasteiger partial charge in [-0.15, -0.1) is 0 Å². The van der Waals surface area contributed by atoms with Crippen molar-refractivity contribution in [3.63, 3.8) is 0 Å². The molecule has 0 spiro atoms. The van der Waals surface area contributed by atoms with E-state index in [0.717, 1.165) is 33.3 Å². The number of anilines is 2. The predicted octanol–water partition coefficient (Wildman–Crippen LogP) is 3.92. The van der Waals surface area contributed by atoms with Crippen molar-refractivity contribution in [2.75, 3.05) is 10.2 Å². The molecule has 0 unspecified atom stereocenters. The number of benzene rings is 3. The van der Waals surface area contributed by atoms with Gasteiger partial charge in [-0.05, 0) is 23.6 Å². The molecule has 1 amide bonds. The molecule has 3 heteroatoms. The SMILES string of the molecule is O=C1c2ccccc2[C@@H]2Nc3cccc4cccc(c34)N12. The van der Waals surface area contributed by atoms with Crippen LogP contribution in [0.3, 0.4) is 0 Å². The van der Waals surface area contributed by atoms with Crippen molar-refractivity contribution in [1.29, 1.82) is 0 Å². The minimum atomic E-state index is -0.103. The normalized spacial score (nSPS) is 18.4. The molecule has 2 aliphatic heterocycles. The average Bonchev–Trinajstić information content (AvgIpc) is 2.82. The highest BCUT2D eigenvalue weighted by Crippen LogP contribution is 2.46. The minimum absolute atomic E-state index is 0.0742. The Balaban J connectivity index is 1.85. The molecule has 0 bridgehead atoms. The molecule has 0 saturated carbocycles. The molecule has 0 saturated heterocycles. The quantitative estimate of drug-likeness (QED) is 0.672. The van der Waals surface area contributed by atoms with E-state index in [4.69, 9.17) is 0 Å². The first-order valence-electron chi connectivity index (χ1n) is 7.05. The lowest BCUT2D eigenvalue weighted by atomic mass is 10.0. The van der Waals surface area contributed by atoms with Crippen LogP contribution in [0, 0.1) is 0 Å². The first-order chi connectivity index (χ1) is 10.3. The monoisotopic (exact) mass is 272 g/mol. The Hall–Kier alpha value is -2.81. The second-order valence-electron chi connectivity index (χ2n) is 5.49. The van der Waals surface area contributed by atoms with Gasteiger partial charge in [0.1, 0.15) is 6.17 Å². The Bertz CT molecular complexity index is 911. The van der Waals surface area contributed by atoms with E-state index >= 15 is 0 Å². The molecule has 100 valence electrons. The van der Waals surface area contributed by atoms with E-state index in [2.05, 4.69) is 23.5 Å². The van der Waals surface area contributed by atoms with E-state index in [0.29, 0.717) is 0 Å². The van der Waals surface area contributed by atoms with Crippen LogP contribution in [0.2, 0.25) is 0 Å². The predicted molar refractivity (Wildman–Crippen MR) is 83.6 cm³/mol. The summed E-state index contributed by atoms with van der Waals surface area (Å²) in [7, 11) is 0. The zero-order valence-electron chi connectivity index (χ0n) is 11.2. The number of carbonyl (C=O) groups excluding carboxylic acids is 1. The van der Waals surface area contributed by atoms with Crippen LogP contribution >= 0.6 is 0 Å². The number of amides is 1. The zero-order valence-corrected chi connectivity index (χ0v) is 11.2. The summed E-state index contributed by atoms with van der Waals surface area (Å²) in [5, 5.41) is 5.79. The number of nitrogens with zero attached hydrogens (tertiary/aromatic N) is 1. The Morgan fingerprint density at radius 3 is 2.62 bits per heavy atom. The van der Waals surface area contributed by atoms with Crippen LogP contribution < -0.4 is 10.2 Å². The molecule has 0 aliphatic carbocycles. The smallest absolute Gasteiger partial charge is 0.260 e. The van der Waals surface area contributed by atoms with Crippen LogP contribution in [0.15, 0.2) is 60.7 Å². The Kier molecular flexibility index (Phi) is 1.89. The number of fused-ring (bicyclic) bond motifs is 4.